The number of nitrogen functional groups attached to an aromatic ring is 1. The second kappa shape index (κ2) is 6.43. The predicted molar refractivity (Wildman–Crippen MR) is 95.0 cm³/mol. The quantitative estimate of drug-likeness (QED) is 0.686. The summed E-state index contributed by atoms with van der Waals surface area (Å²) in [7, 11) is 1.40. The Morgan fingerprint density at radius 1 is 1.33 bits per heavy atom. The van der Waals surface area contributed by atoms with Crippen molar-refractivity contribution in [3.8, 4) is 0 Å². The summed E-state index contributed by atoms with van der Waals surface area (Å²) in [6.45, 7) is 3.88. The molecule has 5 heteroatoms. The van der Waals surface area contributed by atoms with Crippen molar-refractivity contribution in [3.63, 3.8) is 0 Å². The summed E-state index contributed by atoms with van der Waals surface area (Å²) in [5, 5.41) is 0. The summed E-state index contributed by atoms with van der Waals surface area (Å²) in [4.78, 5) is 20.7. The molecule has 1 heterocycles. The number of aliphatic imine (C=N–C) groups is 1. The number of aromatic nitrogens is 1. The minimum absolute atomic E-state index is 0.327. The lowest BCUT2D eigenvalue weighted by atomic mass is 9.93. The number of hydrogen-bond donors (Lipinski definition) is 1. The molecule has 5 nitrogen and oxygen atoms in total. The topological polar surface area (TPSA) is 77.6 Å². The van der Waals surface area contributed by atoms with E-state index in [1.54, 1.807) is 18.5 Å². The van der Waals surface area contributed by atoms with Gasteiger partial charge >= 0.3 is 5.97 Å². The number of pyridine rings is 1. The Bertz CT molecular complexity index is 823. The molecule has 0 unspecified atom stereocenters. The first kappa shape index (κ1) is 16.2. The number of carbonyl (C=O) groups is 1. The van der Waals surface area contributed by atoms with Gasteiger partial charge in [0.1, 0.15) is 0 Å². The van der Waals surface area contributed by atoms with E-state index < -0.39 is 0 Å². The van der Waals surface area contributed by atoms with Crippen LogP contribution in [0.4, 0.5) is 11.4 Å². The number of nitrogens with two attached hydrogens (primary N) is 1. The van der Waals surface area contributed by atoms with Gasteiger partial charge in [0.25, 0.3) is 0 Å². The molecule has 0 atom stereocenters. The van der Waals surface area contributed by atoms with E-state index in [1.165, 1.54) is 25.5 Å². The number of hydrogen-bond acceptors (Lipinski definition) is 5. The Balaban J connectivity index is 2.11. The summed E-state index contributed by atoms with van der Waals surface area (Å²) in [5.74, 6) is 0.220. The Kier molecular flexibility index (Phi) is 4.34. The maximum Gasteiger partial charge on any atom is 0.338 e. The highest BCUT2D eigenvalue weighted by Crippen LogP contribution is 2.43. The molecule has 0 radical (unpaired) electrons. The molecule has 2 aromatic rings. The summed E-state index contributed by atoms with van der Waals surface area (Å²) in [5.41, 5.74) is 11.7. The smallest absolute Gasteiger partial charge is 0.338 e. The lowest BCUT2D eigenvalue weighted by molar-refractivity contribution is 0.0600. The van der Waals surface area contributed by atoms with Crippen LogP contribution in [0.2, 0.25) is 0 Å². The highest BCUT2D eigenvalue weighted by molar-refractivity contribution is 6.04. The van der Waals surface area contributed by atoms with Gasteiger partial charge in [0.05, 0.1) is 30.2 Å². The molecule has 1 aromatic heterocycles. The van der Waals surface area contributed by atoms with Gasteiger partial charge in [-0.15, -0.1) is 0 Å². The van der Waals surface area contributed by atoms with E-state index in [0.717, 1.165) is 16.8 Å². The fourth-order valence-electron chi connectivity index (χ4n) is 2.85. The highest BCUT2D eigenvalue weighted by atomic mass is 16.5. The fourth-order valence-corrected chi connectivity index (χ4v) is 2.85. The molecule has 1 aliphatic carbocycles. The van der Waals surface area contributed by atoms with Gasteiger partial charge in [-0.2, -0.15) is 0 Å². The zero-order chi connectivity index (χ0) is 17.3. The molecule has 1 fully saturated rings. The Morgan fingerprint density at radius 2 is 2.08 bits per heavy atom. The summed E-state index contributed by atoms with van der Waals surface area (Å²) < 4.78 is 4.90. The third-order valence-electron chi connectivity index (χ3n) is 4.32. The van der Waals surface area contributed by atoms with Crippen molar-refractivity contribution in [1.82, 2.24) is 4.98 Å². The third-order valence-corrected chi connectivity index (χ3v) is 4.32. The van der Waals surface area contributed by atoms with Crippen molar-refractivity contribution < 1.29 is 9.53 Å². The van der Waals surface area contributed by atoms with E-state index in [4.69, 9.17) is 10.5 Å². The SMILES string of the molecule is COC(=O)c1cc(C(C)=Nc2ccncc2N)c(C2CC2)cc1C. The van der Waals surface area contributed by atoms with Crippen molar-refractivity contribution in [2.75, 3.05) is 12.8 Å². The zero-order valence-corrected chi connectivity index (χ0v) is 14.2. The first-order chi connectivity index (χ1) is 11.5. The van der Waals surface area contributed by atoms with E-state index >= 15 is 0 Å². The first-order valence-corrected chi connectivity index (χ1v) is 7.99. The summed E-state index contributed by atoms with van der Waals surface area (Å²) >= 11 is 0. The standard InChI is InChI=1S/C19H21N3O2/c1-11-8-16(13-4-5-13)15(9-14(11)19(23)24-3)12(2)22-18-6-7-21-10-17(18)20/h6-10,13H,4-5,20H2,1-3H3. The predicted octanol–water partition coefficient (Wildman–Crippen LogP) is 3.78. The summed E-state index contributed by atoms with van der Waals surface area (Å²) in [6.07, 6.45) is 5.60. The number of methoxy groups -OCH3 is 1. The van der Waals surface area contributed by atoms with Crippen LogP contribution in [-0.4, -0.2) is 23.8 Å². The first-order valence-electron chi connectivity index (χ1n) is 7.99. The molecule has 1 saturated carbocycles. The van der Waals surface area contributed by atoms with Crippen molar-refractivity contribution in [3.05, 3.63) is 52.8 Å². The van der Waals surface area contributed by atoms with E-state index in [-0.39, 0.29) is 5.97 Å². The van der Waals surface area contributed by atoms with Crippen molar-refractivity contribution in [2.24, 2.45) is 4.99 Å². The average molecular weight is 323 g/mol. The average Bonchev–Trinajstić information content (AvgIpc) is 3.40. The van der Waals surface area contributed by atoms with Crippen LogP contribution >= 0.6 is 0 Å². The molecule has 0 aliphatic heterocycles. The van der Waals surface area contributed by atoms with Crippen LogP contribution in [0.15, 0.2) is 35.6 Å². The molecule has 1 aromatic carbocycles. The second-order valence-electron chi connectivity index (χ2n) is 6.15. The number of nitrogens with zero attached hydrogens (tertiary/aromatic N) is 2. The van der Waals surface area contributed by atoms with Crippen molar-refractivity contribution in [2.45, 2.75) is 32.6 Å². The Morgan fingerprint density at radius 3 is 2.71 bits per heavy atom. The third kappa shape index (κ3) is 3.15. The van der Waals surface area contributed by atoms with Crippen molar-refractivity contribution in [1.29, 1.82) is 0 Å². The molecule has 0 amide bonds. The van der Waals surface area contributed by atoms with E-state index in [0.29, 0.717) is 22.9 Å². The number of aryl methyl sites for hydroxylation is 1. The van der Waals surface area contributed by atoms with Crippen LogP contribution in [-0.2, 0) is 4.74 Å². The maximum atomic E-state index is 12.0. The van der Waals surface area contributed by atoms with Crippen LogP contribution in [0, 0.1) is 6.92 Å². The molecule has 0 bridgehead atoms. The monoisotopic (exact) mass is 323 g/mol. The molecular formula is C19H21N3O2. The number of carbonyl (C=O) groups excluding carboxylic acids is 1. The number of ether oxygens (including phenoxy) is 1. The maximum absolute atomic E-state index is 12.0. The number of esters is 1. The summed E-state index contributed by atoms with van der Waals surface area (Å²) in [6, 6.07) is 5.77. The fraction of sp³-hybridized carbons (Fsp3) is 0.316. The van der Waals surface area contributed by atoms with Crippen molar-refractivity contribution >= 4 is 23.1 Å². The largest absolute Gasteiger partial charge is 0.465 e. The van der Waals surface area contributed by atoms with Gasteiger partial charge in [0, 0.05) is 17.5 Å². The minimum Gasteiger partial charge on any atom is -0.465 e. The molecular weight excluding hydrogens is 302 g/mol. The van der Waals surface area contributed by atoms with E-state index in [1.807, 2.05) is 19.9 Å². The van der Waals surface area contributed by atoms with Gasteiger partial charge in [0.2, 0.25) is 0 Å². The minimum atomic E-state index is -0.327. The molecule has 24 heavy (non-hydrogen) atoms. The van der Waals surface area contributed by atoms with Gasteiger partial charge in [-0.05, 0) is 55.9 Å². The van der Waals surface area contributed by atoms with Crippen LogP contribution < -0.4 is 5.73 Å². The number of benzene rings is 1. The number of rotatable bonds is 4. The zero-order valence-electron chi connectivity index (χ0n) is 14.2. The molecule has 0 spiro atoms. The Hall–Kier alpha value is -2.69. The Labute approximate surface area is 141 Å². The molecule has 2 N–H and O–H groups in total. The van der Waals surface area contributed by atoms with Crippen LogP contribution in [0.25, 0.3) is 0 Å². The lowest BCUT2D eigenvalue weighted by Crippen LogP contribution is -2.09. The molecule has 124 valence electrons. The van der Waals surface area contributed by atoms with Gasteiger partial charge in [-0.3, -0.25) is 9.98 Å². The number of anilines is 1. The van der Waals surface area contributed by atoms with Crippen LogP contribution in [0.5, 0.6) is 0 Å². The highest BCUT2D eigenvalue weighted by Gasteiger charge is 2.28. The normalized spacial score (nSPS) is 14.5. The lowest BCUT2D eigenvalue weighted by Gasteiger charge is -2.14. The van der Waals surface area contributed by atoms with E-state index in [9.17, 15) is 4.79 Å². The van der Waals surface area contributed by atoms with Gasteiger partial charge in [0.15, 0.2) is 0 Å². The van der Waals surface area contributed by atoms with Gasteiger partial charge in [-0.1, -0.05) is 6.07 Å². The van der Waals surface area contributed by atoms with E-state index in [2.05, 4.69) is 16.0 Å². The second-order valence-corrected chi connectivity index (χ2v) is 6.15. The molecule has 3 rings (SSSR count). The van der Waals surface area contributed by atoms with Crippen LogP contribution in [0.3, 0.4) is 0 Å². The van der Waals surface area contributed by atoms with Gasteiger partial charge in [-0.25, -0.2) is 4.79 Å². The van der Waals surface area contributed by atoms with Gasteiger partial charge < -0.3 is 10.5 Å². The molecule has 1 aliphatic rings. The van der Waals surface area contributed by atoms with Crippen LogP contribution in [0.1, 0.15) is 52.7 Å². The molecule has 0 saturated heterocycles.